The zero-order valence-corrected chi connectivity index (χ0v) is 19.9. The van der Waals surface area contributed by atoms with Gasteiger partial charge in [-0.25, -0.2) is 0 Å². The van der Waals surface area contributed by atoms with Gasteiger partial charge in [0.2, 0.25) is 0 Å². The molecule has 176 valence electrons. The third-order valence-electron chi connectivity index (χ3n) is 6.05. The molecule has 0 fully saturated rings. The zero-order valence-electron chi connectivity index (χ0n) is 19.9. The van der Waals surface area contributed by atoms with Crippen LogP contribution in [-0.2, 0) is 26.2 Å². The van der Waals surface area contributed by atoms with Crippen molar-refractivity contribution < 1.29 is 20.1 Å². The van der Waals surface area contributed by atoms with Crippen molar-refractivity contribution in [2.45, 2.75) is 26.2 Å². The molecule has 3 rings (SSSR count). The Morgan fingerprint density at radius 2 is 0.882 bits per heavy atom. The van der Waals surface area contributed by atoms with Crippen molar-refractivity contribution in [3.63, 3.8) is 0 Å². The average molecular weight is 458 g/mol. The van der Waals surface area contributed by atoms with Crippen molar-refractivity contribution in [1.29, 1.82) is 0 Å². The van der Waals surface area contributed by atoms with Gasteiger partial charge >= 0.3 is 14.2 Å². The van der Waals surface area contributed by atoms with Gasteiger partial charge in [0.1, 0.15) is 0 Å². The Bertz CT molecular complexity index is 1130. The lowest BCUT2D eigenvalue weighted by molar-refractivity contribution is 0.315. The molecular formula is C26H32B2N2O4. The molecule has 0 atom stereocenters. The highest BCUT2D eigenvalue weighted by molar-refractivity contribution is 6.59. The van der Waals surface area contributed by atoms with E-state index in [0.717, 1.165) is 32.7 Å². The zero-order chi connectivity index (χ0) is 24.8. The monoisotopic (exact) mass is 458 g/mol. The van der Waals surface area contributed by atoms with Crippen LogP contribution in [0.3, 0.4) is 0 Å². The number of hydrogen-bond donors (Lipinski definition) is 4. The molecular weight excluding hydrogens is 426 g/mol. The largest absolute Gasteiger partial charge is 0.488 e. The minimum Gasteiger partial charge on any atom is -0.423 e. The lowest BCUT2D eigenvalue weighted by Crippen LogP contribution is -2.37. The lowest BCUT2D eigenvalue weighted by atomic mass is 9.77. The van der Waals surface area contributed by atoms with E-state index in [1.807, 2.05) is 38.4 Å². The molecule has 0 heterocycles. The molecule has 0 unspecified atom stereocenters. The molecule has 34 heavy (non-hydrogen) atoms. The van der Waals surface area contributed by atoms with Gasteiger partial charge < -0.3 is 20.1 Å². The molecule has 0 amide bonds. The number of hydrogen-bond acceptors (Lipinski definition) is 6. The van der Waals surface area contributed by atoms with Gasteiger partial charge in [-0.05, 0) is 57.7 Å². The maximum Gasteiger partial charge on any atom is 0.488 e. The van der Waals surface area contributed by atoms with Gasteiger partial charge in [0.15, 0.2) is 0 Å². The lowest BCUT2D eigenvalue weighted by Gasteiger charge is -2.21. The van der Waals surface area contributed by atoms with Crippen LogP contribution in [0, 0.1) is 0 Å². The van der Waals surface area contributed by atoms with Crippen LogP contribution in [0.2, 0.25) is 0 Å². The normalized spacial score (nSPS) is 11.3. The molecule has 0 saturated carbocycles. The van der Waals surface area contributed by atoms with Crippen LogP contribution < -0.4 is 21.4 Å². The van der Waals surface area contributed by atoms with Gasteiger partial charge in [-0.1, -0.05) is 73.8 Å². The second kappa shape index (κ2) is 11.6. The highest BCUT2D eigenvalue weighted by atomic mass is 16.4. The molecule has 4 N–H and O–H groups in total. The minimum atomic E-state index is -1.50. The summed E-state index contributed by atoms with van der Waals surface area (Å²) in [6.07, 6.45) is 0. The van der Waals surface area contributed by atoms with E-state index in [1.54, 1.807) is 24.3 Å². The molecule has 6 nitrogen and oxygen atoms in total. The quantitative estimate of drug-likeness (QED) is 0.296. The van der Waals surface area contributed by atoms with E-state index in [4.69, 9.17) is 0 Å². The molecule has 3 aromatic rings. The third kappa shape index (κ3) is 6.45. The van der Waals surface area contributed by atoms with E-state index >= 15 is 0 Å². The summed E-state index contributed by atoms with van der Waals surface area (Å²) in [4.78, 5) is 4.21. The van der Waals surface area contributed by atoms with Gasteiger partial charge in [0.05, 0.1) is 0 Å². The minimum absolute atomic E-state index is 0.510. The summed E-state index contributed by atoms with van der Waals surface area (Å²) in [5, 5.41) is 40.2. The van der Waals surface area contributed by atoms with Gasteiger partial charge in [-0.2, -0.15) is 0 Å². The molecule has 0 aromatic heterocycles. The highest BCUT2D eigenvalue weighted by Crippen LogP contribution is 2.08. The topological polar surface area (TPSA) is 87.4 Å². The Hall–Kier alpha value is -2.71. The molecule has 0 spiro atoms. The van der Waals surface area contributed by atoms with Gasteiger partial charge in [-0.3, -0.25) is 9.80 Å². The highest BCUT2D eigenvalue weighted by Gasteiger charge is 2.17. The van der Waals surface area contributed by atoms with E-state index in [-0.39, 0.29) is 0 Å². The van der Waals surface area contributed by atoms with Gasteiger partial charge in [0.25, 0.3) is 0 Å². The molecule has 0 aliphatic heterocycles. The Labute approximate surface area is 202 Å². The van der Waals surface area contributed by atoms with Crippen LogP contribution in [0.4, 0.5) is 0 Å². The first-order valence-corrected chi connectivity index (χ1v) is 11.2. The van der Waals surface area contributed by atoms with Crippen LogP contribution in [0.1, 0.15) is 22.3 Å². The van der Waals surface area contributed by atoms with Crippen molar-refractivity contribution in [1.82, 2.24) is 9.80 Å². The molecule has 0 radical (unpaired) electrons. The van der Waals surface area contributed by atoms with Crippen LogP contribution >= 0.6 is 0 Å². The second-order valence-corrected chi connectivity index (χ2v) is 8.83. The summed E-state index contributed by atoms with van der Waals surface area (Å²) < 4.78 is 0. The summed E-state index contributed by atoms with van der Waals surface area (Å²) in [7, 11) is 0.973. The fourth-order valence-electron chi connectivity index (χ4n) is 4.22. The second-order valence-electron chi connectivity index (χ2n) is 8.83. The van der Waals surface area contributed by atoms with Crippen LogP contribution in [0.25, 0.3) is 13.2 Å². The first-order valence-electron chi connectivity index (χ1n) is 11.2. The van der Waals surface area contributed by atoms with Gasteiger partial charge in [0, 0.05) is 26.2 Å². The van der Waals surface area contributed by atoms with Crippen molar-refractivity contribution in [3.05, 3.63) is 93.4 Å². The fourth-order valence-corrected chi connectivity index (χ4v) is 4.22. The predicted octanol–water partition coefficient (Wildman–Crippen LogP) is -0.869. The SMILES string of the molecule is C=c1c(CN(C)Cc2ccccc2B(O)O)ccc(CN(C)Cc2ccccc2B(O)O)c1=C. The Morgan fingerprint density at radius 1 is 0.559 bits per heavy atom. The summed E-state index contributed by atoms with van der Waals surface area (Å²) in [6, 6.07) is 18.7. The van der Waals surface area contributed by atoms with Crippen LogP contribution in [0.15, 0.2) is 60.7 Å². The maximum absolute atomic E-state index is 9.62. The first-order chi connectivity index (χ1) is 16.2. The van der Waals surface area contributed by atoms with E-state index in [1.165, 1.54) is 0 Å². The Kier molecular flexibility index (Phi) is 8.85. The molecule has 0 aliphatic carbocycles. The first kappa shape index (κ1) is 25.9. The number of rotatable bonds is 10. The van der Waals surface area contributed by atoms with E-state index < -0.39 is 14.2 Å². The fraction of sp³-hybridized carbons (Fsp3) is 0.231. The van der Waals surface area contributed by atoms with E-state index in [0.29, 0.717) is 37.1 Å². The Morgan fingerprint density at radius 3 is 1.24 bits per heavy atom. The maximum atomic E-state index is 9.62. The molecule has 8 heteroatoms. The van der Waals surface area contributed by atoms with E-state index in [9.17, 15) is 20.1 Å². The summed E-state index contributed by atoms with van der Waals surface area (Å²) in [5.74, 6) is 0. The smallest absolute Gasteiger partial charge is 0.423 e. The van der Waals surface area contributed by atoms with E-state index in [2.05, 4.69) is 35.1 Å². The number of benzene rings is 3. The summed E-state index contributed by atoms with van der Waals surface area (Å²) >= 11 is 0. The standard InChI is InChI=1S/C26H32B2N2O4/c1-19-20(2)22(16-30(4)18-24-10-6-8-12-26(24)28(33)34)14-13-21(19)15-29(3)17-23-9-5-7-11-25(23)27(31)32/h5-14,31-34H,1-2,15-18H2,3-4H3. The van der Waals surface area contributed by atoms with Crippen molar-refractivity contribution in [2.75, 3.05) is 14.1 Å². The van der Waals surface area contributed by atoms with Crippen LogP contribution in [-0.4, -0.2) is 58.2 Å². The summed E-state index contributed by atoms with van der Waals surface area (Å²) in [5.41, 5.74) is 4.88. The summed E-state index contributed by atoms with van der Waals surface area (Å²) in [6.45, 7) is 11.0. The Balaban J connectivity index is 1.69. The number of nitrogens with zero attached hydrogens (tertiary/aromatic N) is 2. The van der Waals surface area contributed by atoms with Gasteiger partial charge in [-0.15, -0.1) is 0 Å². The van der Waals surface area contributed by atoms with Crippen molar-refractivity contribution in [3.8, 4) is 0 Å². The predicted molar refractivity (Wildman–Crippen MR) is 140 cm³/mol. The molecule has 0 saturated heterocycles. The molecule has 3 aromatic carbocycles. The molecule has 0 aliphatic rings. The molecule has 0 bridgehead atoms. The van der Waals surface area contributed by atoms with Crippen LogP contribution in [0.5, 0.6) is 0 Å². The van der Waals surface area contributed by atoms with Crippen molar-refractivity contribution in [2.24, 2.45) is 0 Å². The average Bonchev–Trinajstić information content (AvgIpc) is 2.79. The third-order valence-corrected chi connectivity index (χ3v) is 6.05. The van der Waals surface area contributed by atoms with Crippen molar-refractivity contribution >= 4 is 38.3 Å².